The summed E-state index contributed by atoms with van der Waals surface area (Å²) in [6, 6.07) is 0. The topological polar surface area (TPSA) is 72.9 Å². The molecule has 1 amide bonds. The first-order chi connectivity index (χ1) is 8.82. The minimum atomic E-state index is -5.71. The molecule has 0 N–H and O–H groups in total. The van der Waals surface area contributed by atoms with Gasteiger partial charge in [0.15, 0.2) is 0 Å². The standard InChI is InChI=1S/C10H14F3NO5S/c1-9(2,3)18-8(15)14-5-4-7(6-14)19-20(16,17)10(11,12)13/h6H,4-5H2,1-3H3. The molecule has 0 bridgehead atoms. The smallest absolute Gasteiger partial charge is 0.443 e. The Labute approximate surface area is 114 Å². The van der Waals surface area contributed by atoms with Gasteiger partial charge in [0, 0.05) is 19.2 Å². The Morgan fingerprint density at radius 2 is 1.85 bits per heavy atom. The molecule has 0 unspecified atom stereocenters. The predicted molar refractivity (Wildman–Crippen MR) is 61.7 cm³/mol. The van der Waals surface area contributed by atoms with Crippen LogP contribution in [0.5, 0.6) is 0 Å². The lowest BCUT2D eigenvalue weighted by atomic mass is 10.2. The van der Waals surface area contributed by atoms with Gasteiger partial charge in [0.25, 0.3) is 0 Å². The first-order valence-corrected chi connectivity index (χ1v) is 6.94. The molecule has 6 nitrogen and oxygen atoms in total. The van der Waals surface area contributed by atoms with Gasteiger partial charge in [-0.2, -0.15) is 21.6 Å². The van der Waals surface area contributed by atoms with Crippen molar-refractivity contribution in [2.45, 2.75) is 38.3 Å². The number of ether oxygens (including phenoxy) is 1. The number of rotatable bonds is 2. The van der Waals surface area contributed by atoms with Crippen molar-refractivity contribution in [2.75, 3.05) is 6.54 Å². The van der Waals surface area contributed by atoms with E-state index in [4.69, 9.17) is 4.74 Å². The molecule has 0 saturated heterocycles. The molecule has 0 saturated carbocycles. The number of hydrogen-bond acceptors (Lipinski definition) is 5. The van der Waals surface area contributed by atoms with Gasteiger partial charge in [-0.05, 0) is 20.8 Å². The molecule has 1 heterocycles. The van der Waals surface area contributed by atoms with Gasteiger partial charge in [-0.3, -0.25) is 4.90 Å². The summed E-state index contributed by atoms with van der Waals surface area (Å²) in [6.45, 7) is 4.85. The lowest BCUT2D eigenvalue weighted by molar-refractivity contribution is -0.0522. The average Bonchev–Trinajstić information content (AvgIpc) is 2.60. The highest BCUT2D eigenvalue weighted by Gasteiger charge is 2.49. The van der Waals surface area contributed by atoms with Gasteiger partial charge in [-0.1, -0.05) is 0 Å². The van der Waals surface area contributed by atoms with Crippen molar-refractivity contribution >= 4 is 16.2 Å². The van der Waals surface area contributed by atoms with Gasteiger partial charge in [0.1, 0.15) is 11.4 Å². The minimum Gasteiger partial charge on any atom is -0.443 e. The third-order valence-electron chi connectivity index (χ3n) is 2.03. The molecule has 1 aliphatic heterocycles. The maximum Gasteiger partial charge on any atom is 0.534 e. The summed E-state index contributed by atoms with van der Waals surface area (Å²) in [6.07, 6.45) is -0.0492. The Bertz CT molecular complexity index is 518. The highest BCUT2D eigenvalue weighted by Crippen LogP contribution is 2.29. The molecule has 0 fully saturated rings. The second-order valence-corrected chi connectivity index (χ2v) is 6.54. The van der Waals surface area contributed by atoms with Gasteiger partial charge in [0.05, 0.1) is 0 Å². The van der Waals surface area contributed by atoms with E-state index in [1.165, 1.54) is 0 Å². The fraction of sp³-hybridized carbons (Fsp3) is 0.700. The van der Waals surface area contributed by atoms with Crippen molar-refractivity contribution in [3.63, 3.8) is 0 Å². The normalized spacial score (nSPS) is 16.9. The number of halogens is 3. The Kier molecular flexibility index (Phi) is 4.28. The van der Waals surface area contributed by atoms with Crippen molar-refractivity contribution in [1.29, 1.82) is 0 Å². The molecule has 0 aromatic rings. The number of carbonyl (C=O) groups is 1. The maximum atomic E-state index is 12.1. The van der Waals surface area contributed by atoms with Crippen LogP contribution in [0.2, 0.25) is 0 Å². The number of amides is 1. The molecular weight excluding hydrogens is 303 g/mol. The fourth-order valence-electron chi connectivity index (χ4n) is 1.25. The minimum absolute atomic E-state index is 0.0162. The summed E-state index contributed by atoms with van der Waals surface area (Å²) in [5.74, 6) is -0.465. The van der Waals surface area contributed by atoms with Crippen LogP contribution in [0.1, 0.15) is 27.2 Å². The van der Waals surface area contributed by atoms with Crippen molar-refractivity contribution < 1.29 is 35.3 Å². The molecule has 0 radical (unpaired) electrons. The zero-order valence-electron chi connectivity index (χ0n) is 11.0. The maximum absolute atomic E-state index is 12.1. The van der Waals surface area contributed by atoms with E-state index in [0.29, 0.717) is 0 Å². The van der Waals surface area contributed by atoms with Crippen LogP contribution in [0, 0.1) is 0 Å². The summed E-state index contributed by atoms with van der Waals surface area (Å²) < 4.78 is 66.9. The third-order valence-corrected chi connectivity index (χ3v) is 3.03. The van der Waals surface area contributed by atoms with E-state index in [2.05, 4.69) is 4.18 Å². The summed E-state index contributed by atoms with van der Waals surface area (Å²) >= 11 is 0. The van der Waals surface area contributed by atoms with Crippen LogP contribution in [-0.4, -0.2) is 37.1 Å². The zero-order valence-corrected chi connectivity index (χ0v) is 11.8. The molecule has 0 aromatic carbocycles. The van der Waals surface area contributed by atoms with Crippen LogP contribution >= 0.6 is 0 Å². The van der Waals surface area contributed by atoms with E-state index in [1.54, 1.807) is 20.8 Å². The molecule has 0 spiro atoms. The third kappa shape index (κ3) is 4.29. The molecule has 10 heteroatoms. The Morgan fingerprint density at radius 1 is 1.30 bits per heavy atom. The van der Waals surface area contributed by atoms with Crippen LogP contribution in [-0.2, 0) is 19.0 Å². The monoisotopic (exact) mass is 317 g/mol. The summed E-state index contributed by atoms with van der Waals surface area (Å²) in [7, 11) is -5.71. The van der Waals surface area contributed by atoms with E-state index in [1.807, 2.05) is 0 Å². The second-order valence-electron chi connectivity index (χ2n) is 5.00. The average molecular weight is 317 g/mol. The van der Waals surface area contributed by atoms with Crippen LogP contribution in [0.4, 0.5) is 18.0 Å². The molecule has 20 heavy (non-hydrogen) atoms. The molecule has 0 aliphatic carbocycles. The SMILES string of the molecule is CC(C)(C)OC(=O)N1C=C(OS(=O)(=O)C(F)(F)F)CC1. The quantitative estimate of drug-likeness (QED) is 0.577. The van der Waals surface area contributed by atoms with Crippen molar-refractivity contribution in [1.82, 2.24) is 4.90 Å². The molecule has 1 rings (SSSR count). The number of carbonyl (C=O) groups excluding carboxylic acids is 1. The van der Waals surface area contributed by atoms with Gasteiger partial charge < -0.3 is 8.92 Å². The van der Waals surface area contributed by atoms with Crippen LogP contribution < -0.4 is 0 Å². The van der Waals surface area contributed by atoms with Crippen molar-refractivity contribution in [3.8, 4) is 0 Å². The number of alkyl halides is 3. The van der Waals surface area contributed by atoms with E-state index in [-0.39, 0.29) is 13.0 Å². The van der Waals surface area contributed by atoms with Gasteiger partial charge in [0.2, 0.25) is 0 Å². The van der Waals surface area contributed by atoms with Crippen LogP contribution in [0.15, 0.2) is 12.0 Å². The predicted octanol–water partition coefficient (Wildman–Crippen LogP) is 2.33. The molecule has 0 aromatic heterocycles. The van der Waals surface area contributed by atoms with E-state index >= 15 is 0 Å². The van der Waals surface area contributed by atoms with Gasteiger partial charge in [-0.25, -0.2) is 4.79 Å². The van der Waals surface area contributed by atoms with Crippen LogP contribution in [0.3, 0.4) is 0 Å². The molecular formula is C10H14F3NO5S. The second kappa shape index (κ2) is 5.15. The first kappa shape index (κ1) is 16.6. The Morgan fingerprint density at radius 3 is 2.30 bits per heavy atom. The van der Waals surface area contributed by atoms with Crippen molar-refractivity contribution in [3.05, 3.63) is 12.0 Å². The van der Waals surface area contributed by atoms with E-state index in [9.17, 15) is 26.4 Å². The van der Waals surface area contributed by atoms with E-state index < -0.39 is 33.1 Å². The highest BCUT2D eigenvalue weighted by molar-refractivity contribution is 7.87. The van der Waals surface area contributed by atoms with E-state index in [0.717, 1.165) is 11.1 Å². The molecule has 0 atom stereocenters. The number of nitrogens with zero attached hydrogens (tertiary/aromatic N) is 1. The van der Waals surface area contributed by atoms with Crippen LogP contribution in [0.25, 0.3) is 0 Å². The lowest BCUT2D eigenvalue weighted by Gasteiger charge is -2.22. The fourth-order valence-corrected chi connectivity index (χ4v) is 1.75. The summed E-state index contributed by atoms with van der Waals surface area (Å²) in [5, 5.41) is 0. The highest BCUT2D eigenvalue weighted by atomic mass is 32.2. The summed E-state index contributed by atoms with van der Waals surface area (Å²) in [4.78, 5) is 12.6. The largest absolute Gasteiger partial charge is 0.534 e. The lowest BCUT2D eigenvalue weighted by Crippen LogP contribution is -2.32. The first-order valence-electron chi connectivity index (χ1n) is 5.53. The van der Waals surface area contributed by atoms with Crippen molar-refractivity contribution in [2.24, 2.45) is 0 Å². The molecule has 1 aliphatic rings. The Balaban J connectivity index is 2.74. The number of hydrogen-bond donors (Lipinski definition) is 0. The van der Waals surface area contributed by atoms with Gasteiger partial charge in [-0.15, -0.1) is 0 Å². The molecule has 116 valence electrons. The zero-order chi connectivity index (χ0) is 15.8. The summed E-state index contributed by atoms with van der Waals surface area (Å²) in [5.41, 5.74) is -6.28. The Hall–Kier alpha value is -1.45. The van der Waals surface area contributed by atoms with Gasteiger partial charge >= 0.3 is 21.7 Å².